The molecule has 2 aromatic rings. The van der Waals surface area contributed by atoms with E-state index in [9.17, 15) is 4.79 Å². The van der Waals surface area contributed by atoms with Crippen LogP contribution in [0.25, 0.3) is 0 Å². The van der Waals surface area contributed by atoms with Crippen molar-refractivity contribution in [1.29, 1.82) is 0 Å². The predicted octanol–water partition coefficient (Wildman–Crippen LogP) is -1.08. The summed E-state index contributed by atoms with van der Waals surface area (Å²) in [6.45, 7) is 0.594. The molecular formula is C18H18LiN5O. The Morgan fingerprint density at radius 1 is 1.24 bits per heavy atom. The minimum absolute atomic E-state index is 0. The van der Waals surface area contributed by atoms with Gasteiger partial charge >= 0.3 is 18.9 Å². The number of hydrogen-bond donors (Lipinski definition) is 0. The average molecular weight is 327 g/mol. The summed E-state index contributed by atoms with van der Waals surface area (Å²) in [4.78, 5) is 26.0. The SMILES string of the molecule is CN1C(=O)c2c(n[c-]n2Cc2ccccc2)N2C1=N[C@@H]1CCC[C@@H]12.[Li+]. The van der Waals surface area contributed by atoms with Gasteiger partial charge < -0.3 is 14.5 Å². The number of nitrogens with zero attached hydrogens (tertiary/aromatic N) is 5. The zero-order chi connectivity index (χ0) is 16.3. The summed E-state index contributed by atoms with van der Waals surface area (Å²) in [5, 5.41) is 0. The first-order chi connectivity index (χ1) is 11.7. The minimum Gasteiger partial charge on any atom is -0.438 e. The Labute approximate surface area is 158 Å². The zero-order valence-electron chi connectivity index (χ0n) is 14.5. The Kier molecular flexibility index (Phi) is 3.97. The van der Waals surface area contributed by atoms with Crippen molar-refractivity contribution in [3.8, 4) is 0 Å². The molecule has 0 unspecified atom stereocenters. The topological polar surface area (TPSA) is 53.7 Å². The van der Waals surface area contributed by atoms with Gasteiger partial charge in [0.25, 0.3) is 0 Å². The second-order valence-electron chi connectivity index (χ2n) is 6.68. The third-order valence-electron chi connectivity index (χ3n) is 5.25. The standard InChI is InChI=1S/C18H18N5O.Li/c1-21-17(24)15-16(23-14-9-5-8-13(14)20-18(21)23)19-11-22(15)10-12-6-3-2-4-7-12;/h2-4,6-7,13-14H,5,8-10H2,1H3;/q-1;+1/t13-,14+;/m1./s1. The Balaban J connectivity index is 0.00000157. The molecule has 1 amide bonds. The molecule has 25 heavy (non-hydrogen) atoms. The number of carbonyl (C=O) groups excluding carboxylic acids is 1. The molecule has 6 nitrogen and oxygen atoms in total. The van der Waals surface area contributed by atoms with E-state index in [0.29, 0.717) is 24.3 Å². The molecule has 1 aromatic carbocycles. The van der Waals surface area contributed by atoms with Crippen molar-refractivity contribution in [2.75, 3.05) is 11.9 Å². The van der Waals surface area contributed by atoms with E-state index in [1.54, 1.807) is 11.9 Å². The number of imidazole rings is 1. The van der Waals surface area contributed by atoms with E-state index in [-0.39, 0.29) is 24.8 Å². The first kappa shape index (κ1) is 16.4. The van der Waals surface area contributed by atoms with Gasteiger partial charge in [0.1, 0.15) is 0 Å². The number of carbonyl (C=O) groups is 1. The fourth-order valence-corrected chi connectivity index (χ4v) is 4.07. The molecule has 122 valence electrons. The van der Waals surface area contributed by atoms with E-state index in [0.717, 1.165) is 30.2 Å². The largest absolute Gasteiger partial charge is 1.00 e. The van der Waals surface area contributed by atoms with Crippen LogP contribution in [0.4, 0.5) is 5.82 Å². The predicted molar refractivity (Wildman–Crippen MR) is 90.0 cm³/mol. The third kappa shape index (κ3) is 2.36. The molecule has 0 spiro atoms. The molecule has 2 aliphatic heterocycles. The Bertz CT molecular complexity index is 846. The van der Waals surface area contributed by atoms with E-state index in [4.69, 9.17) is 4.99 Å². The van der Waals surface area contributed by atoms with Crippen LogP contribution in [0.15, 0.2) is 35.3 Å². The molecule has 3 aliphatic rings. The van der Waals surface area contributed by atoms with Gasteiger partial charge in [0.2, 0.25) is 5.91 Å². The molecule has 0 saturated heterocycles. The van der Waals surface area contributed by atoms with Gasteiger partial charge in [0.15, 0.2) is 5.96 Å². The minimum atomic E-state index is -0.0512. The number of benzene rings is 1. The van der Waals surface area contributed by atoms with Crippen molar-refractivity contribution in [2.24, 2.45) is 4.99 Å². The van der Waals surface area contributed by atoms with Gasteiger partial charge in [-0.2, -0.15) is 0 Å². The molecule has 1 aliphatic carbocycles. The van der Waals surface area contributed by atoms with E-state index >= 15 is 0 Å². The zero-order valence-corrected chi connectivity index (χ0v) is 14.5. The first-order valence-electron chi connectivity index (χ1n) is 8.41. The molecule has 1 fully saturated rings. The van der Waals surface area contributed by atoms with Crippen molar-refractivity contribution in [2.45, 2.75) is 37.9 Å². The van der Waals surface area contributed by atoms with Crippen LogP contribution in [0.1, 0.15) is 35.3 Å². The number of guanidine groups is 1. The smallest absolute Gasteiger partial charge is 0.438 e. The fraction of sp³-hybridized carbons (Fsp3) is 0.389. The normalized spacial score (nSPS) is 23.7. The van der Waals surface area contributed by atoms with Gasteiger partial charge in [-0.1, -0.05) is 30.3 Å². The summed E-state index contributed by atoms with van der Waals surface area (Å²) < 4.78 is 1.84. The van der Waals surface area contributed by atoms with Gasteiger partial charge in [0.05, 0.1) is 6.04 Å². The Morgan fingerprint density at radius 2 is 2.04 bits per heavy atom. The molecule has 1 aromatic heterocycles. The van der Waals surface area contributed by atoms with Crippen molar-refractivity contribution >= 4 is 17.7 Å². The number of anilines is 1. The summed E-state index contributed by atoms with van der Waals surface area (Å²) in [7, 11) is 1.80. The number of amides is 1. The fourth-order valence-electron chi connectivity index (χ4n) is 4.07. The van der Waals surface area contributed by atoms with Crippen molar-refractivity contribution < 1.29 is 23.7 Å². The summed E-state index contributed by atoms with van der Waals surface area (Å²) >= 11 is 0. The molecule has 0 bridgehead atoms. The molecule has 0 N–H and O–H groups in total. The van der Waals surface area contributed by atoms with Crippen molar-refractivity contribution in [3.63, 3.8) is 0 Å². The maximum Gasteiger partial charge on any atom is 1.00 e. The van der Waals surface area contributed by atoms with Gasteiger partial charge in [-0.05, 0) is 30.5 Å². The van der Waals surface area contributed by atoms with Crippen LogP contribution in [0, 0.1) is 6.33 Å². The summed E-state index contributed by atoms with van der Waals surface area (Å²) in [6, 6.07) is 10.7. The maximum atomic E-state index is 12.9. The van der Waals surface area contributed by atoms with Crippen molar-refractivity contribution in [1.82, 2.24) is 14.5 Å². The first-order valence-corrected chi connectivity index (χ1v) is 8.41. The second kappa shape index (κ2) is 6.05. The van der Waals surface area contributed by atoms with Gasteiger partial charge in [-0.15, -0.1) is 0 Å². The van der Waals surface area contributed by atoms with E-state index in [1.807, 2.05) is 34.9 Å². The quantitative estimate of drug-likeness (QED) is 0.521. The molecule has 0 radical (unpaired) electrons. The van der Waals surface area contributed by atoms with Gasteiger partial charge in [-0.25, -0.2) is 4.99 Å². The van der Waals surface area contributed by atoms with Crippen LogP contribution in [0.2, 0.25) is 0 Å². The van der Waals surface area contributed by atoms with Crippen LogP contribution in [0.3, 0.4) is 0 Å². The number of aromatic nitrogens is 2. The summed E-state index contributed by atoms with van der Waals surface area (Å²) in [6.07, 6.45) is 6.41. The Hall–Kier alpha value is -2.03. The number of hydrogen-bond acceptors (Lipinski definition) is 4. The molecule has 5 rings (SSSR count). The summed E-state index contributed by atoms with van der Waals surface area (Å²) in [5.41, 5.74) is 1.75. The van der Waals surface area contributed by atoms with E-state index in [2.05, 4.69) is 16.2 Å². The number of fused-ring (bicyclic) bond motifs is 5. The molecule has 2 atom stereocenters. The Morgan fingerprint density at radius 3 is 2.84 bits per heavy atom. The molecule has 3 heterocycles. The molecular weight excluding hydrogens is 309 g/mol. The number of rotatable bonds is 2. The van der Waals surface area contributed by atoms with E-state index in [1.165, 1.54) is 6.42 Å². The second-order valence-corrected chi connectivity index (χ2v) is 6.68. The maximum absolute atomic E-state index is 12.9. The van der Waals surface area contributed by atoms with E-state index < -0.39 is 0 Å². The monoisotopic (exact) mass is 327 g/mol. The third-order valence-corrected chi connectivity index (χ3v) is 5.25. The number of aliphatic imine (C=N–C) groups is 1. The summed E-state index contributed by atoms with van der Waals surface area (Å²) in [5.74, 6) is 1.42. The van der Waals surface area contributed by atoms with Crippen LogP contribution in [-0.2, 0) is 6.54 Å². The average Bonchev–Trinajstić information content (AvgIpc) is 3.27. The van der Waals surface area contributed by atoms with Gasteiger partial charge in [-0.3, -0.25) is 9.69 Å². The van der Waals surface area contributed by atoms with Crippen molar-refractivity contribution in [3.05, 3.63) is 47.9 Å². The van der Waals surface area contributed by atoms with Crippen LogP contribution >= 0.6 is 0 Å². The van der Waals surface area contributed by atoms with Gasteiger partial charge in [0, 0.05) is 31.8 Å². The molecule has 7 heteroatoms. The van der Waals surface area contributed by atoms with Crippen LogP contribution < -0.4 is 23.8 Å². The van der Waals surface area contributed by atoms with Crippen LogP contribution in [0.5, 0.6) is 0 Å². The molecule has 1 saturated carbocycles. The van der Waals surface area contributed by atoms with Crippen LogP contribution in [-0.4, -0.2) is 45.4 Å².